The standard InChI is InChI=1S/C23H13F5N4O/c24-16-7-6-14(20(25)8-16)12-31-21(9-19(23(26,27)28)18(10-29)22(31)33)15-11-30-32(13-15)17-4-2-1-3-5-17/h1-9,11,13H,12H2. The van der Waals surface area contributed by atoms with Crippen LogP contribution in [0.3, 0.4) is 0 Å². The Labute approximate surface area is 183 Å². The van der Waals surface area contributed by atoms with Crippen molar-refractivity contribution in [1.82, 2.24) is 14.3 Å². The number of hydrogen-bond acceptors (Lipinski definition) is 3. The van der Waals surface area contributed by atoms with Crippen molar-refractivity contribution in [3.05, 3.63) is 106 Å². The van der Waals surface area contributed by atoms with Gasteiger partial charge in [-0.05, 0) is 24.3 Å². The van der Waals surface area contributed by atoms with E-state index in [0.717, 1.165) is 16.7 Å². The van der Waals surface area contributed by atoms with Gasteiger partial charge < -0.3 is 4.57 Å². The molecule has 0 atom stereocenters. The maximum atomic E-state index is 14.3. The van der Waals surface area contributed by atoms with E-state index in [0.29, 0.717) is 17.8 Å². The van der Waals surface area contributed by atoms with Crippen molar-refractivity contribution in [2.24, 2.45) is 0 Å². The van der Waals surface area contributed by atoms with E-state index < -0.39 is 41.0 Å². The average molecular weight is 456 g/mol. The van der Waals surface area contributed by atoms with Crippen LogP contribution in [0.5, 0.6) is 0 Å². The topological polar surface area (TPSA) is 63.6 Å². The van der Waals surface area contributed by atoms with Gasteiger partial charge in [0.05, 0.1) is 29.7 Å². The molecule has 2 aromatic heterocycles. The number of hydrogen-bond donors (Lipinski definition) is 0. The molecule has 4 aromatic rings. The van der Waals surface area contributed by atoms with Gasteiger partial charge in [-0.1, -0.05) is 24.3 Å². The van der Waals surface area contributed by atoms with E-state index in [9.17, 15) is 32.0 Å². The highest BCUT2D eigenvalue weighted by Crippen LogP contribution is 2.34. The van der Waals surface area contributed by atoms with Crippen LogP contribution < -0.4 is 5.56 Å². The molecule has 10 heteroatoms. The van der Waals surface area contributed by atoms with Gasteiger partial charge in [0.2, 0.25) is 0 Å². The number of aromatic nitrogens is 3. The summed E-state index contributed by atoms with van der Waals surface area (Å²) < 4.78 is 70.7. The normalized spacial score (nSPS) is 11.4. The van der Waals surface area contributed by atoms with E-state index in [2.05, 4.69) is 5.10 Å². The van der Waals surface area contributed by atoms with E-state index in [1.54, 1.807) is 30.3 Å². The van der Waals surface area contributed by atoms with Gasteiger partial charge in [0.15, 0.2) is 0 Å². The molecule has 0 aliphatic heterocycles. The zero-order valence-corrected chi connectivity index (χ0v) is 16.6. The summed E-state index contributed by atoms with van der Waals surface area (Å²) in [6.07, 6.45) is -2.31. The number of nitrogens with zero attached hydrogens (tertiary/aromatic N) is 4. The molecule has 0 spiro atoms. The number of rotatable bonds is 4. The minimum Gasteiger partial charge on any atom is -0.302 e. The van der Waals surface area contributed by atoms with Crippen LogP contribution in [0.15, 0.2) is 71.8 Å². The summed E-state index contributed by atoms with van der Waals surface area (Å²) in [5.74, 6) is -1.83. The molecule has 2 aromatic carbocycles. The first-order chi connectivity index (χ1) is 15.7. The van der Waals surface area contributed by atoms with Crippen molar-refractivity contribution >= 4 is 0 Å². The number of halogens is 5. The molecule has 0 N–H and O–H groups in total. The van der Waals surface area contributed by atoms with Crippen LogP contribution in [0.2, 0.25) is 0 Å². The molecule has 0 saturated carbocycles. The van der Waals surface area contributed by atoms with E-state index in [4.69, 9.17) is 0 Å². The molecular formula is C23H13F5N4O. The largest absolute Gasteiger partial charge is 0.417 e. The Kier molecular flexibility index (Phi) is 5.55. The number of nitriles is 1. The van der Waals surface area contributed by atoms with Crippen LogP contribution in [-0.2, 0) is 12.7 Å². The zero-order chi connectivity index (χ0) is 23.8. The molecule has 0 aliphatic rings. The van der Waals surface area contributed by atoms with Crippen molar-refractivity contribution in [2.75, 3.05) is 0 Å². The van der Waals surface area contributed by atoms with Crippen LogP contribution in [0.25, 0.3) is 16.9 Å². The summed E-state index contributed by atoms with van der Waals surface area (Å²) in [6, 6.07) is 13.3. The average Bonchev–Trinajstić information content (AvgIpc) is 3.26. The predicted molar refractivity (Wildman–Crippen MR) is 108 cm³/mol. The molecular weight excluding hydrogens is 443 g/mol. The van der Waals surface area contributed by atoms with Gasteiger partial charge in [-0.2, -0.15) is 23.5 Å². The molecule has 0 radical (unpaired) electrons. The highest BCUT2D eigenvalue weighted by Gasteiger charge is 2.36. The fourth-order valence-corrected chi connectivity index (χ4v) is 3.37. The van der Waals surface area contributed by atoms with Crippen LogP contribution in [0, 0.1) is 23.0 Å². The third-order valence-electron chi connectivity index (χ3n) is 4.96. The van der Waals surface area contributed by atoms with Gasteiger partial charge in [0.1, 0.15) is 23.3 Å². The first-order valence-corrected chi connectivity index (χ1v) is 9.48. The van der Waals surface area contributed by atoms with E-state index in [1.807, 2.05) is 0 Å². The minimum atomic E-state index is -4.98. The highest BCUT2D eigenvalue weighted by atomic mass is 19.4. The molecule has 0 unspecified atom stereocenters. The summed E-state index contributed by atoms with van der Waals surface area (Å²) in [6.45, 7) is -0.524. The zero-order valence-electron chi connectivity index (χ0n) is 16.6. The molecule has 0 fully saturated rings. The Morgan fingerprint density at radius 2 is 1.76 bits per heavy atom. The number of para-hydroxylation sites is 1. The molecule has 0 bridgehead atoms. The Morgan fingerprint density at radius 1 is 1.03 bits per heavy atom. The molecule has 5 nitrogen and oxygen atoms in total. The lowest BCUT2D eigenvalue weighted by atomic mass is 10.1. The highest BCUT2D eigenvalue weighted by molar-refractivity contribution is 5.62. The lowest BCUT2D eigenvalue weighted by Gasteiger charge is -2.17. The predicted octanol–water partition coefficient (Wildman–Crippen LogP) is 4.92. The second-order valence-corrected chi connectivity index (χ2v) is 7.06. The van der Waals surface area contributed by atoms with Crippen molar-refractivity contribution in [1.29, 1.82) is 5.26 Å². The maximum Gasteiger partial charge on any atom is 0.417 e. The Bertz CT molecular complexity index is 1430. The Hall–Kier alpha value is -4.26. The minimum absolute atomic E-state index is 0.133. The second kappa shape index (κ2) is 8.35. The lowest BCUT2D eigenvalue weighted by molar-refractivity contribution is -0.137. The monoisotopic (exact) mass is 456 g/mol. The summed E-state index contributed by atoms with van der Waals surface area (Å²) in [5.41, 5.74) is -3.40. The SMILES string of the molecule is N#Cc1c(C(F)(F)F)cc(-c2cnn(-c3ccccc3)c2)n(Cc2ccc(F)cc2F)c1=O. The van der Waals surface area contributed by atoms with Crippen molar-refractivity contribution < 1.29 is 22.0 Å². The van der Waals surface area contributed by atoms with Crippen molar-refractivity contribution in [3.63, 3.8) is 0 Å². The quantitative estimate of drug-likeness (QED) is 0.410. The van der Waals surface area contributed by atoms with Crippen molar-refractivity contribution in [3.8, 4) is 23.0 Å². The van der Waals surface area contributed by atoms with Gasteiger partial charge in [-0.3, -0.25) is 4.79 Å². The van der Waals surface area contributed by atoms with Crippen LogP contribution in [0.1, 0.15) is 16.7 Å². The maximum absolute atomic E-state index is 14.3. The first kappa shape index (κ1) is 22.0. The van der Waals surface area contributed by atoms with Crippen molar-refractivity contribution in [2.45, 2.75) is 12.7 Å². The van der Waals surface area contributed by atoms with E-state index in [-0.39, 0.29) is 16.8 Å². The fraction of sp³-hybridized carbons (Fsp3) is 0.0870. The number of pyridine rings is 1. The summed E-state index contributed by atoms with van der Waals surface area (Å²) >= 11 is 0. The van der Waals surface area contributed by atoms with Gasteiger partial charge in [0, 0.05) is 23.4 Å². The van der Waals surface area contributed by atoms with E-state index in [1.165, 1.54) is 23.1 Å². The third-order valence-corrected chi connectivity index (χ3v) is 4.96. The number of alkyl halides is 3. The molecule has 4 rings (SSSR count). The van der Waals surface area contributed by atoms with Gasteiger partial charge in [0.25, 0.3) is 5.56 Å². The molecule has 2 heterocycles. The molecule has 0 saturated heterocycles. The van der Waals surface area contributed by atoms with Gasteiger partial charge in [-0.25, -0.2) is 13.5 Å². The van der Waals surface area contributed by atoms with E-state index >= 15 is 0 Å². The third kappa shape index (κ3) is 4.25. The Balaban J connectivity index is 1.94. The van der Waals surface area contributed by atoms with Crippen LogP contribution in [0.4, 0.5) is 22.0 Å². The number of benzene rings is 2. The first-order valence-electron chi connectivity index (χ1n) is 9.48. The summed E-state index contributed by atoms with van der Waals surface area (Å²) in [7, 11) is 0. The Morgan fingerprint density at radius 3 is 2.39 bits per heavy atom. The molecule has 33 heavy (non-hydrogen) atoms. The molecule has 0 aliphatic carbocycles. The fourth-order valence-electron chi connectivity index (χ4n) is 3.37. The summed E-state index contributed by atoms with van der Waals surface area (Å²) in [4.78, 5) is 12.9. The molecule has 0 amide bonds. The van der Waals surface area contributed by atoms with Gasteiger partial charge in [-0.15, -0.1) is 0 Å². The van der Waals surface area contributed by atoms with Crippen LogP contribution >= 0.6 is 0 Å². The van der Waals surface area contributed by atoms with Gasteiger partial charge >= 0.3 is 6.18 Å². The lowest BCUT2D eigenvalue weighted by Crippen LogP contribution is -2.29. The van der Waals surface area contributed by atoms with Crippen LogP contribution in [-0.4, -0.2) is 14.3 Å². The second-order valence-electron chi connectivity index (χ2n) is 7.06. The molecule has 166 valence electrons. The summed E-state index contributed by atoms with van der Waals surface area (Å²) in [5, 5.41) is 13.4. The smallest absolute Gasteiger partial charge is 0.302 e.